The van der Waals surface area contributed by atoms with E-state index in [0.717, 1.165) is 6.42 Å². The molecule has 1 aromatic heterocycles. The summed E-state index contributed by atoms with van der Waals surface area (Å²) < 4.78 is 1.88. The van der Waals surface area contributed by atoms with E-state index >= 15 is 0 Å². The molecule has 2 aromatic rings. The first-order chi connectivity index (χ1) is 10.7. The first kappa shape index (κ1) is 16.3. The second-order valence-electron chi connectivity index (χ2n) is 5.79. The minimum absolute atomic E-state index is 0.0663. The van der Waals surface area contributed by atoms with Gasteiger partial charge in [-0.25, -0.2) is 0 Å². The van der Waals surface area contributed by atoms with Crippen molar-refractivity contribution in [1.29, 1.82) is 0 Å². The van der Waals surface area contributed by atoms with Crippen LogP contribution < -0.4 is 5.43 Å². The molecule has 0 saturated heterocycles. The highest BCUT2D eigenvalue weighted by Gasteiger charge is 2.10. The molecule has 3 heteroatoms. The van der Waals surface area contributed by atoms with Gasteiger partial charge in [0.05, 0.1) is 0 Å². The van der Waals surface area contributed by atoms with Crippen LogP contribution in [0.15, 0.2) is 42.6 Å². The van der Waals surface area contributed by atoms with E-state index in [4.69, 9.17) is 0 Å². The predicted octanol–water partition coefficient (Wildman–Crippen LogP) is 4.69. The van der Waals surface area contributed by atoms with Gasteiger partial charge in [0.1, 0.15) is 0 Å². The van der Waals surface area contributed by atoms with Crippen molar-refractivity contribution in [2.45, 2.75) is 52.4 Å². The maximum absolute atomic E-state index is 12.3. The third-order valence-corrected chi connectivity index (χ3v) is 3.99. The number of nitrogens with zero attached hydrogens (tertiary/aromatic N) is 1. The predicted molar refractivity (Wildman–Crippen MR) is 91.8 cm³/mol. The van der Waals surface area contributed by atoms with E-state index in [1.807, 2.05) is 41.2 Å². The largest absolute Gasteiger partial charge is 0.270 e. The summed E-state index contributed by atoms with van der Waals surface area (Å²) in [5.74, 6) is -0.0663. The molecule has 1 heterocycles. The molecule has 2 rings (SSSR count). The van der Waals surface area contributed by atoms with Crippen LogP contribution in [-0.4, -0.2) is 10.6 Å². The lowest BCUT2D eigenvalue weighted by molar-refractivity contribution is 0.101. The van der Waals surface area contributed by atoms with Gasteiger partial charge in [-0.3, -0.25) is 14.9 Å². The number of aryl methyl sites for hydroxylation is 1. The van der Waals surface area contributed by atoms with Crippen LogP contribution in [0.4, 0.5) is 0 Å². The van der Waals surface area contributed by atoms with Crippen molar-refractivity contribution in [2.24, 2.45) is 0 Å². The summed E-state index contributed by atoms with van der Waals surface area (Å²) in [5.41, 5.74) is 6.11. The van der Waals surface area contributed by atoms with Crippen LogP contribution in [0.1, 0.15) is 60.6 Å². The molecule has 0 aliphatic carbocycles. The van der Waals surface area contributed by atoms with Crippen LogP contribution >= 0.6 is 0 Å². The van der Waals surface area contributed by atoms with Crippen LogP contribution in [0.2, 0.25) is 0 Å². The van der Waals surface area contributed by atoms with Crippen molar-refractivity contribution in [3.63, 3.8) is 0 Å². The van der Waals surface area contributed by atoms with Crippen LogP contribution in [-0.2, 0) is 6.42 Å². The number of unbranched alkanes of at least 4 members (excludes halogenated alkanes) is 4. The molecule has 0 atom stereocenters. The molecule has 0 spiro atoms. The normalized spacial score (nSPS) is 10.6. The fraction of sp³-hybridized carbons (Fsp3) is 0.421. The topological polar surface area (TPSA) is 34.0 Å². The highest BCUT2D eigenvalue weighted by Crippen LogP contribution is 2.14. The third-order valence-electron chi connectivity index (χ3n) is 3.99. The Morgan fingerprint density at radius 2 is 1.77 bits per heavy atom. The van der Waals surface area contributed by atoms with E-state index in [1.165, 1.54) is 43.4 Å². The van der Waals surface area contributed by atoms with E-state index in [9.17, 15) is 4.79 Å². The summed E-state index contributed by atoms with van der Waals surface area (Å²) in [6.07, 6.45) is 9.26. The summed E-state index contributed by atoms with van der Waals surface area (Å²) in [4.78, 5) is 12.3. The molecule has 118 valence electrons. The van der Waals surface area contributed by atoms with E-state index < -0.39 is 0 Å². The highest BCUT2D eigenvalue weighted by atomic mass is 16.2. The monoisotopic (exact) mass is 298 g/mol. The Morgan fingerprint density at radius 3 is 2.50 bits per heavy atom. The Bertz CT molecular complexity index is 587. The molecule has 1 N–H and O–H groups in total. The zero-order valence-corrected chi connectivity index (χ0v) is 13.6. The lowest BCUT2D eigenvalue weighted by Crippen LogP contribution is -2.24. The number of nitrogens with one attached hydrogen (secondary N) is 1. The molecule has 0 aliphatic rings. The second kappa shape index (κ2) is 8.42. The maximum Gasteiger partial charge on any atom is 0.270 e. The van der Waals surface area contributed by atoms with Gasteiger partial charge >= 0.3 is 0 Å². The zero-order chi connectivity index (χ0) is 15.8. The number of amides is 1. The van der Waals surface area contributed by atoms with Gasteiger partial charge in [-0.15, -0.1) is 0 Å². The number of hydrogen-bond acceptors (Lipinski definition) is 1. The van der Waals surface area contributed by atoms with Crippen LogP contribution in [0.25, 0.3) is 0 Å². The van der Waals surface area contributed by atoms with Gasteiger partial charge in [0.15, 0.2) is 0 Å². The quantitative estimate of drug-likeness (QED) is 0.705. The first-order valence-electron chi connectivity index (χ1n) is 8.25. The van der Waals surface area contributed by atoms with Gasteiger partial charge in [0.25, 0.3) is 5.91 Å². The number of hydrogen-bond donors (Lipinski definition) is 1. The number of rotatable bonds is 8. The Balaban J connectivity index is 1.95. The Morgan fingerprint density at radius 1 is 1.05 bits per heavy atom. The van der Waals surface area contributed by atoms with Gasteiger partial charge in [0.2, 0.25) is 0 Å². The smallest absolute Gasteiger partial charge is 0.267 e. The summed E-state index contributed by atoms with van der Waals surface area (Å²) >= 11 is 0. The van der Waals surface area contributed by atoms with E-state index in [1.54, 1.807) is 0 Å². The minimum Gasteiger partial charge on any atom is -0.267 e. The first-order valence-corrected chi connectivity index (χ1v) is 8.25. The van der Waals surface area contributed by atoms with Crippen LogP contribution in [0.3, 0.4) is 0 Å². The fourth-order valence-electron chi connectivity index (χ4n) is 2.64. The maximum atomic E-state index is 12.3. The molecule has 0 saturated carbocycles. The van der Waals surface area contributed by atoms with Gasteiger partial charge in [-0.05, 0) is 43.5 Å². The highest BCUT2D eigenvalue weighted by molar-refractivity contribution is 5.99. The van der Waals surface area contributed by atoms with Gasteiger partial charge in [-0.1, -0.05) is 50.8 Å². The molecule has 1 aromatic carbocycles. The van der Waals surface area contributed by atoms with Crippen LogP contribution in [0.5, 0.6) is 0 Å². The Labute approximate surface area is 133 Å². The molecular weight excluding hydrogens is 272 g/mol. The molecule has 1 amide bonds. The summed E-state index contributed by atoms with van der Waals surface area (Å²) in [7, 11) is 0. The number of carbonyl (C=O) groups is 1. The fourth-order valence-corrected chi connectivity index (χ4v) is 2.64. The number of benzene rings is 1. The van der Waals surface area contributed by atoms with Crippen molar-refractivity contribution in [2.75, 3.05) is 5.43 Å². The standard InChI is InChI=1S/C19H26N2O/c1-3-4-5-6-10-13-18-16(2)14-15-21(18)20-19(22)17-11-8-7-9-12-17/h7-9,11-12,14-15H,3-6,10,13H2,1-2H3,(H,20,22). The number of carbonyl (C=O) groups excluding carboxylic acids is 1. The van der Waals surface area contributed by atoms with Gasteiger partial charge < -0.3 is 0 Å². The lowest BCUT2D eigenvalue weighted by atomic mass is 10.1. The van der Waals surface area contributed by atoms with Gasteiger partial charge in [0, 0.05) is 17.5 Å². The average molecular weight is 298 g/mol. The molecule has 0 fully saturated rings. The minimum atomic E-state index is -0.0663. The molecule has 0 bridgehead atoms. The van der Waals surface area contributed by atoms with Crippen molar-refractivity contribution in [1.82, 2.24) is 4.68 Å². The SMILES string of the molecule is CCCCCCCc1c(C)ccn1NC(=O)c1ccccc1. The van der Waals surface area contributed by atoms with Crippen molar-refractivity contribution in [3.8, 4) is 0 Å². The third kappa shape index (κ3) is 4.48. The number of aromatic nitrogens is 1. The molecule has 0 radical (unpaired) electrons. The van der Waals surface area contributed by atoms with Crippen molar-refractivity contribution >= 4 is 5.91 Å². The summed E-state index contributed by atoms with van der Waals surface area (Å²) in [6, 6.07) is 11.4. The molecular formula is C19H26N2O. The molecule has 0 unspecified atom stereocenters. The van der Waals surface area contributed by atoms with Crippen molar-refractivity contribution in [3.05, 3.63) is 59.4 Å². The van der Waals surface area contributed by atoms with Gasteiger partial charge in [-0.2, -0.15) is 0 Å². The Kier molecular flexibility index (Phi) is 6.26. The second-order valence-corrected chi connectivity index (χ2v) is 5.79. The van der Waals surface area contributed by atoms with E-state index in [0.29, 0.717) is 5.56 Å². The van der Waals surface area contributed by atoms with E-state index in [-0.39, 0.29) is 5.91 Å². The van der Waals surface area contributed by atoms with Crippen LogP contribution in [0, 0.1) is 6.92 Å². The average Bonchev–Trinajstić information content (AvgIpc) is 2.88. The summed E-state index contributed by atoms with van der Waals surface area (Å²) in [6.45, 7) is 4.33. The molecule has 0 aliphatic heterocycles. The lowest BCUT2D eigenvalue weighted by Gasteiger charge is -2.12. The van der Waals surface area contributed by atoms with Crippen molar-refractivity contribution < 1.29 is 4.79 Å². The molecule has 22 heavy (non-hydrogen) atoms. The Hall–Kier alpha value is -2.03. The molecule has 3 nitrogen and oxygen atoms in total. The summed E-state index contributed by atoms with van der Waals surface area (Å²) in [5, 5.41) is 0. The zero-order valence-electron chi connectivity index (χ0n) is 13.6. The van der Waals surface area contributed by atoms with E-state index in [2.05, 4.69) is 25.3 Å².